The molecule has 0 spiro atoms. The molecule has 0 radical (unpaired) electrons. The first-order valence-electron chi connectivity index (χ1n) is 21.9. The van der Waals surface area contributed by atoms with Crippen molar-refractivity contribution < 1.29 is 0 Å². The number of allylic oxidation sites excluding steroid dienone is 4. The maximum atomic E-state index is 5.13. The Labute approximate surface area is 385 Å². The summed E-state index contributed by atoms with van der Waals surface area (Å²) in [7, 11) is 0. The van der Waals surface area contributed by atoms with E-state index in [0.29, 0.717) is 17.5 Å². The van der Waals surface area contributed by atoms with Crippen LogP contribution in [0.3, 0.4) is 0 Å². The fourth-order valence-electron chi connectivity index (χ4n) is 8.66. The van der Waals surface area contributed by atoms with Crippen LogP contribution in [0.5, 0.6) is 0 Å². The van der Waals surface area contributed by atoms with Gasteiger partial charge in [0.05, 0.1) is 11.4 Å². The first-order valence-corrected chi connectivity index (χ1v) is 21.9. The molecule has 312 valence electrons. The van der Waals surface area contributed by atoms with E-state index in [0.717, 1.165) is 94.8 Å². The predicted octanol–water partition coefficient (Wildman–Crippen LogP) is 15.4. The van der Waals surface area contributed by atoms with Crippen LogP contribution in [-0.2, 0) is 0 Å². The van der Waals surface area contributed by atoms with Gasteiger partial charge in [-0.2, -0.15) is 0 Å². The average molecular weight is 846 g/mol. The summed E-state index contributed by atoms with van der Waals surface area (Å²) in [6, 6.07) is 71.6. The Morgan fingerprint density at radius 1 is 0.333 bits per heavy atom. The monoisotopic (exact) mass is 845 g/mol. The number of pyridine rings is 2. The van der Waals surface area contributed by atoms with Crippen molar-refractivity contribution in [3.05, 3.63) is 256 Å². The fourth-order valence-corrected chi connectivity index (χ4v) is 8.66. The van der Waals surface area contributed by atoms with Gasteiger partial charge in [0.1, 0.15) is 0 Å². The topological polar surface area (TPSA) is 64.5 Å². The van der Waals surface area contributed by atoms with Crippen molar-refractivity contribution in [2.24, 2.45) is 0 Å². The first kappa shape index (κ1) is 41.1. The molecular formula is C61H43N5. The average Bonchev–Trinajstić information content (AvgIpc) is 3.40. The lowest BCUT2D eigenvalue weighted by atomic mass is 9.75. The zero-order valence-electron chi connectivity index (χ0n) is 36.2. The zero-order valence-corrected chi connectivity index (χ0v) is 36.2. The van der Waals surface area contributed by atoms with Crippen LogP contribution >= 0.6 is 0 Å². The Morgan fingerprint density at radius 2 is 0.712 bits per heavy atom. The minimum absolute atomic E-state index is 0.522. The van der Waals surface area contributed by atoms with Gasteiger partial charge in [0.15, 0.2) is 17.5 Å². The highest BCUT2D eigenvalue weighted by atomic mass is 15.0. The number of aromatic nitrogens is 5. The molecule has 7 aromatic carbocycles. The van der Waals surface area contributed by atoms with E-state index in [4.69, 9.17) is 24.9 Å². The maximum absolute atomic E-state index is 5.13. The van der Waals surface area contributed by atoms with Gasteiger partial charge in [-0.1, -0.05) is 201 Å². The van der Waals surface area contributed by atoms with Crippen molar-refractivity contribution in [2.45, 2.75) is 0 Å². The minimum Gasteiger partial charge on any atom is -0.256 e. The van der Waals surface area contributed by atoms with Crippen LogP contribution < -0.4 is 0 Å². The predicted molar refractivity (Wildman–Crippen MR) is 273 cm³/mol. The third kappa shape index (κ3) is 8.21. The van der Waals surface area contributed by atoms with Crippen molar-refractivity contribution in [1.82, 2.24) is 24.9 Å². The molecule has 0 unspecified atom stereocenters. The van der Waals surface area contributed by atoms with E-state index in [-0.39, 0.29) is 0 Å². The second-order valence-corrected chi connectivity index (χ2v) is 15.7. The van der Waals surface area contributed by atoms with Gasteiger partial charge >= 0.3 is 0 Å². The van der Waals surface area contributed by atoms with Gasteiger partial charge < -0.3 is 0 Å². The number of benzene rings is 7. The summed E-state index contributed by atoms with van der Waals surface area (Å²) < 4.78 is 0. The van der Waals surface area contributed by atoms with Crippen LogP contribution in [-0.4, -0.2) is 24.9 Å². The minimum atomic E-state index is 0.522. The summed E-state index contributed by atoms with van der Waals surface area (Å²) in [4.78, 5) is 25.1. The molecule has 0 N–H and O–H groups in total. The van der Waals surface area contributed by atoms with E-state index in [9.17, 15) is 0 Å². The molecule has 66 heavy (non-hydrogen) atoms. The molecule has 10 aromatic rings. The quantitative estimate of drug-likeness (QED) is 0.115. The molecule has 0 amide bonds. The van der Waals surface area contributed by atoms with Crippen LogP contribution in [0.2, 0.25) is 0 Å². The van der Waals surface area contributed by atoms with E-state index in [1.807, 2.05) is 67.0 Å². The highest BCUT2D eigenvalue weighted by molar-refractivity contribution is 6.14. The van der Waals surface area contributed by atoms with Crippen molar-refractivity contribution in [3.63, 3.8) is 0 Å². The number of hydrogen-bond acceptors (Lipinski definition) is 5. The van der Waals surface area contributed by atoms with Gasteiger partial charge in [-0.05, 0) is 69.8 Å². The summed E-state index contributed by atoms with van der Waals surface area (Å²) in [6.45, 7) is 7.95. The molecule has 0 saturated carbocycles. The second kappa shape index (κ2) is 18.8. The lowest BCUT2D eigenvalue weighted by Gasteiger charge is -2.28. The number of hydrogen-bond donors (Lipinski definition) is 0. The number of nitrogens with zero attached hydrogens (tertiary/aromatic N) is 5. The summed E-state index contributed by atoms with van der Waals surface area (Å²) in [5, 5.41) is 0. The highest BCUT2D eigenvalue weighted by Gasteiger charge is 2.30. The Kier molecular flexibility index (Phi) is 11.7. The summed E-state index contributed by atoms with van der Waals surface area (Å²) in [5.41, 5.74) is 16.9. The van der Waals surface area contributed by atoms with Crippen molar-refractivity contribution >= 4 is 5.57 Å². The lowest BCUT2D eigenvalue weighted by Crippen LogP contribution is -2.03. The van der Waals surface area contributed by atoms with Gasteiger partial charge in [-0.25, -0.2) is 15.0 Å². The van der Waals surface area contributed by atoms with E-state index >= 15 is 0 Å². The van der Waals surface area contributed by atoms with Gasteiger partial charge in [0.25, 0.3) is 0 Å². The number of rotatable bonds is 12. The van der Waals surface area contributed by atoms with Gasteiger partial charge in [0, 0.05) is 62.5 Å². The van der Waals surface area contributed by atoms with E-state index in [2.05, 4.69) is 171 Å². The largest absolute Gasteiger partial charge is 0.256 e. The zero-order chi connectivity index (χ0) is 44.7. The molecule has 3 heterocycles. The van der Waals surface area contributed by atoms with Crippen LogP contribution in [0.25, 0.3) is 106 Å². The molecule has 0 bridgehead atoms. The maximum Gasteiger partial charge on any atom is 0.164 e. The summed E-state index contributed by atoms with van der Waals surface area (Å²) in [6.07, 6.45) is 9.09. The summed E-state index contributed by atoms with van der Waals surface area (Å²) >= 11 is 0. The van der Waals surface area contributed by atoms with Crippen LogP contribution in [0.1, 0.15) is 5.82 Å². The van der Waals surface area contributed by atoms with Crippen LogP contribution in [0.4, 0.5) is 0 Å². The molecule has 0 saturated heterocycles. The van der Waals surface area contributed by atoms with Crippen molar-refractivity contribution in [1.29, 1.82) is 0 Å². The van der Waals surface area contributed by atoms with E-state index in [1.54, 1.807) is 12.2 Å². The third-order valence-electron chi connectivity index (χ3n) is 11.6. The molecule has 3 aromatic heterocycles. The van der Waals surface area contributed by atoms with Gasteiger partial charge in [-0.15, -0.1) is 0 Å². The van der Waals surface area contributed by atoms with E-state index in [1.165, 1.54) is 0 Å². The fraction of sp³-hybridized carbons (Fsp3) is 0. The Bertz CT molecular complexity index is 3250. The smallest absolute Gasteiger partial charge is 0.164 e. The van der Waals surface area contributed by atoms with Crippen LogP contribution in [0.15, 0.2) is 250 Å². The van der Waals surface area contributed by atoms with Crippen molar-refractivity contribution in [3.8, 4) is 101 Å². The summed E-state index contributed by atoms with van der Waals surface area (Å²) in [5.74, 6) is 1.65. The first-order chi connectivity index (χ1) is 32.7. The molecule has 0 fully saturated rings. The molecule has 10 rings (SSSR count). The molecule has 0 atom stereocenters. The lowest BCUT2D eigenvalue weighted by molar-refractivity contribution is 1.04. The standard InChI is InChI=1S/C61H43N5/c1-3-23-42(4-2)59-64-60(46-30-15-8-16-31-46)66-61(65-59)50-35-22-33-48(41-50)47-32-21-34-49(40-47)56-55(45-28-13-7-14-29-45)57(51-36-17-19-38-62-51)53(43-24-9-5-10-25-43)54(44-26-11-6-12-27-44)58(56)52-37-18-20-39-63-52/h3-41H,1-2H2/b42-23+. The third-order valence-corrected chi connectivity index (χ3v) is 11.6. The Balaban J connectivity index is 1.27. The molecule has 0 aliphatic heterocycles. The van der Waals surface area contributed by atoms with E-state index < -0.39 is 0 Å². The Hall–Kier alpha value is -8.93. The van der Waals surface area contributed by atoms with Crippen molar-refractivity contribution in [2.75, 3.05) is 0 Å². The van der Waals surface area contributed by atoms with Gasteiger partial charge in [0.2, 0.25) is 0 Å². The molecule has 5 nitrogen and oxygen atoms in total. The normalized spacial score (nSPS) is 11.2. The molecule has 5 heteroatoms. The Morgan fingerprint density at radius 3 is 1.15 bits per heavy atom. The highest BCUT2D eigenvalue weighted by Crippen LogP contribution is 2.55. The molecule has 0 aliphatic carbocycles. The second-order valence-electron chi connectivity index (χ2n) is 15.7. The molecular weight excluding hydrogens is 803 g/mol. The molecule has 0 aliphatic rings. The van der Waals surface area contributed by atoms with Gasteiger partial charge in [-0.3, -0.25) is 9.97 Å². The van der Waals surface area contributed by atoms with Crippen LogP contribution in [0, 0.1) is 0 Å². The SMILES string of the molecule is C=C/C=C(\C=C)c1nc(-c2ccccc2)nc(-c2cccc(-c3cccc(-c4c(-c5ccccc5)c(-c5ccccn5)c(-c5ccccc5)c(-c5ccccc5)c4-c4ccccn4)c3)c2)n1.